The van der Waals surface area contributed by atoms with Gasteiger partial charge < -0.3 is 10.1 Å². The van der Waals surface area contributed by atoms with Crippen LogP contribution in [0.15, 0.2) is 11.6 Å². The highest BCUT2D eigenvalue weighted by atomic mass is 16.6. The summed E-state index contributed by atoms with van der Waals surface area (Å²) in [6.07, 6.45) is 12.6. The monoisotopic (exact) mass is 401 g/mol. The van der Waals surface area contributed by atoms with Crippen molar-refractivity contribution in [2.24, 2.45) is 35.0 Å². The summed E-state index contributed by atoms with van der Waals surface area (Å²) < 4.78 is 5.99. The third kappa shape index (κ3) is 3.88. The number of hydrogen-bond donors (Lipinski definition) is 1. The number of rotatable bonds is 5. The van der Waals surface area contributed by atoms with Gasteiger partial charge in [-0.05, 0) is 80.6 Å². The Bertz CT molecular complexity index is 671. The highest BCUT2D eigenvalue weighted by molar-refractivity contribution is 5.91. The molecule has 0 saturated heterocycles. The third-order valence-corrected chi connectivity index (χ3v) is 8.85. The molecule has 7 atom stereocenters. The number of allylic oxidation sites excluding steroid dienone is 1. The molecule has 4 unspecified atom stereocenters. The second-order valence-corrected chi connectivity index (χ2v) is 10.5. The average molecular weight is 402 g/mol. The van der Waals surface area contributed by atoms with Gasteiger partial charge in [-0.3, -0.25) is 4.79 Å². The Morgan fingerprint density at radius 3 is 2.86 bits per heavy atom. The molecule has 0 aliphatic heterocycles. The van der Waals surface area contributed by atoms with Gasteiger partial charge in [-0.2, -0.15) is 0 Å². The summed E-state index contributed by atoms with van der Waals surface area (Å²) in [7, 11) is 0. The fraction of sp³-hybridized carbons (Fsp3) is 0.840. The maximum absolute atomic E-state index is 12.4. The van der Waals surface area contributed by atoms with E-state index in [9.17, 15) is 9.59 Å². The molecule has 162 valence electrons. The smallest absolute Gasteiger partial charge is 0.407 e. The van der Waals surface area contributed by atoms with Crippen LogP contribution in [-0.4, -0.2) is 24.5 Å². The summed E-state index contributed by atoms with van der Waals surface area (Å²) in [5, 5.41) is 2.96. The number of fused-ring (bicyclic) bond motifs is 5. The number of ketones is 1. The lowest BCUT2D eigenvalue weighted by molar-refractivity contribution is -0.116. The predicted molar refractivity (Wildman–Crippen MR) is 114 cm³/mol. The first-order valence-electron chi connectivity index (χ1n) is 12.1. The standard InChI is InChI=1S/C25H39NO3/c1-4-5-6-13-26-24(28)29-22-10-9-21-23-16(2)14-17-15-18(27)7-8-19(17)20(23)11-12-25(21,22)3/h15-16,19-23H,4-14H2,1-3H3,(H,26,28)/t16-,19?,20?,21?,22-,23?,25-/m0/s1. The van der Waals surface area contributed by atoms with Crippen LogP contribution < -0.4 is 5.32 Å². The quantitative estimate of drug-likeness (QED) is 0.605. The van der Waals surface area contributed by atoms with Crippen LogP contribution in [0.2, 0.25) is 0 Å². The lowest BCUT2D eigenvalue weighted by Crippen LogP contribution is -2.51. The Morgan fingerprint density at radius 2 is 2.07 bits per heavy atom. The molecule has 4 rings (SSSR count). The van der Waals surface area contributed by atoms with Crippen molar-refractivity contribution in [1.29, 1.82) is 0 Å². The molecule has 4 nitrogen and oxygen atoms in total. The van der Waals surface area contributed by atoms with Gasteiger partial charge in [0, 0.05) is 18.4 Å². The van der Waals surface area contributed by atoms with Gasteiger partial charge in [-0.25, -0.2) is 4.79 Å². The number of carbonyl (C=O) groups excluding carboxylic acids is 2. The first-order chi connectivity index (χ1) is 13.9. The summed E-state index contributed by atoms with van der Waals surface area (Å²) in [4.78, 5) is 24.3. The van der Waals surface area contributed by atoms with Crippen LogP contribution in [0.4, 0.5) is 4.79 Å². The van der Waals surface area contributed by atoms with Crippen molar-refractivity contribution in [3.05, 3.63) is 11.6 Å². The molecule has 0 aromatic carbocycles. The second kappa shape index (κ2) is 8.43. The molecule has 3 fully saturated rings. The molecule has 4 aliphatic rings. The van der Waals surface area contributed by atoms with Gasteiger partial charge in [0.1, 0.15) is 6.10 Å². The lowest BCUT2D eigenvalue weighted by atomic mass is 9.49. The summed E-state index contributed by atoms with van der Waals surface area (Å²) in [5.74, 6) is 3.66. The molecule has 4 aliphatic carbocycles. The fourth-order valence-electron chi connectivity index (χ4n) is 7.47. The minimum atomic E-state index is -0.220. The molecule has 0 bridgehead atoms. The van der Waals surface area contributed by atoms with E-state index in [0.29, 0.717) is 29.5 Å². The van der Waals surface area contributed by atoms with Crippen LogP contribution in [0.1, 0.15) is 85.0 Å². The van der Waals surface area contributed by atoms with Crippen molar-refractivity contribution in [3.63, 3.8) is 0 Å². The lowest BCUT2D eigenvalue weighted by Gasteiger charge is -2.55. The minimum absolute atomic E-state index is 0.0525. The molecule has 4 heteroatoms. The third-order valence-electron chi connectivity index (χ3n) is 8.85. The van der Waals surface area contributed by atoms with Crippen LogP contribution in [0.3, 0.4) is 0 Å². The van der Waals surface area contributed by atoms with Gasteiger partial charge in [-0.15, -0.1) is 0 Å². The van der Waals surface area contributed by atoms with E-state index in [1.54, 1.807) is 0 Å². The zero-order valence-corrected chi connectivity index (χ0v) is 18.5. The van der Waals surface area contributed by atoms with Crippen molar-refractivity contribution in [2.75, 3.05) is 6.54 Å². The molecule has 0 radical (unpaired) electrons. The molecule has 0 heterocycles. The highest BCUT2D eigenvalue weighted by Gasteiger charge is 2.59. The zero-order chi connectivity index (χ0) is 20.6. The van der Waals surface area contributed by atoms with E-state index in [1.807, 2.05) is 6.08 Å². The van der Waals surface area contributed by atoms with Gasteiger partial charge in [0.25, 0.3) is 0 Å². The van der Waals surface area contributed by atoms with E-state index in [4.69, 9.17) is 4.74 Å². The molecule has 1 N–H and O–H groups in total. The molecule has 3 saturated carbocycles. The first-order valence-corrected chi connectivity index (χ1v) is 12.1. The summed E-state index contributed by atoms with van der Waals surface area (Å²) >= 11 is 0. The van der Waals surface area contributed by atoms with Gasteiger partial charge >= 0.3 is 6.09 Å². The van der Waals surface area contributed by atoms with Crippen molar-refractivity contribution in [2.45, 2.75) is 91.1 Å². The molecule has 1 amide bonds. The second-order valence-electron chi connectivity index (χ2n) is 10.5. The number of nitrogens with one attached hydrogen (secondary N) is 1. The highest BCUT2D eigenvalue weighted by Crippen LogP contribution is 2.63. The van der Waals surface area contributed by atoms with Crippen LogP contribution in [0, 0.1) is 35.0 Å². The van der Waals surface area contributed by atoms with Gasteiger partial charge in [0.2, 0.25) is 0 Å². The van der Waals surface area contributed by atoms with Crippen molar-refractivity contribution >= 4 is 11.9 Å². The normalized spacial score (nSPS) is 41.1. The van der Waals surface area contributed by atoms with E-state index in [-0.39, 0.29) is 17.6 Å². The molecule has 0 aromatic rings. The molecular weight excluding hydrogens is 362 g/mol. The zero-order valence-electron chi connectivity index (χ0n) is 18.5. The summed E-state index contributed by atoms with van der Waals surface area (Å²) in [5.41, 5.74) is 1.55. The van der Waals surface area contributed by atoms with Crippen LogP contribution >= 0.6 is 0 Å². The number of hydrogen-bond acceptors (Lipinski definition) is 3. The van der Waals surface area contributed by atoms with E-state index in [1.165, 1.54) is 18.4 Å². The SMILES string of the molecule is CCCCCNC(=O)O[C@H]1CCC2C3C(CC[C@@]21C)C1CCC(=O)C=C1C[C@@H]3C. The van der Waals surface area contributed by atoms with Crippen molar-refractivity contribution in [3.8, 4) is 0 Å². The maximum Gasteiger partial charge on any atom is 0.407 e. The Morgan fingerprint density at radius 1 is 1.24 bits per heavy atom. The van der Waals surface area contributed by atoms with Gasteiger partial charge in [0.05, 0.1) is 0 Å². The molecule has 0 aromatic heterocycles. The largest absolute Gasteiger partial charge is 0.446 e. The Labute approximate surface area is 176 Å². The number of alkyl carbamates (subject to hydrolysis) is 1. The van der Waals surface area contributed by atoms with Crippen molar-refractivity contribution < 1.29 is 14.3 Å². The van der Waals surface area contributed by atoms with Crippen LogP contribution in [0.5, 0.6) is 0 Å². The van der Waals surface area contributed by atoms with E-state index >= 15 is 0 Å². The molecular formula is C25H39NO3. The van der Waals surface area contributed by atoms with Gasteiger partial charge in [-0.1, -0.05) is 39.2 Å². The topological polar surface area (TPSA) is 55.4 Å². The Hall–Kier alpha value is -1.32. The van der Waals surface area contributed by atoms with Gasteiger partial charge in [0.15, 0.2) is 5.78 Å². The average Bonchev–Trinajstić information content (AvgIpc) is 3.01. The predicted octanol–water partition coefficient (Wildman–Crippen LogP) is 5.66. The van der Waals surface area contributed by atoms with Crippen molar-refractivity contribution in [1.82, 2.24) is 5.32 Å². The fourth-order valence-corrected chi connectivity index (χ4v) is 7.47. The van der Waals surface area contributed by atoms with E-state index < -0.39 is 0 Å². The number of unbranched alkanes of at least 4 members (excludes halogenated alkanes) is 2. The van der Waals surface area contributed by atoms with Crippen LogP contribution in [0.25, 0.3) is 0 Å². The summed E-state index contributed by atoms with van der Waals surface area (Å²) in [6.45, 7) is 7.67. The number of ether oxygens (including phenoxy) is 1. The Balaban J connectivity index is 1.43. The number of carbonyl (C=O) groups is 2. The minimum Gasteiger partial charge on any atom is -0.446 e. The van der Waals surface area contributed by atoms with E-state index in [0.717, 1.165) is 63.8 Å². The molecule has 29 heavy (non-hydrogen) atoms. The molecule has 0 spiro atoms. The summed E-state index contributed by atoms with van der Waals surface area (Å²) in [6, 6.07) is 0. The Kier molecular flexibility index (Phi) is 6.09. The first kappa shape index (κ1) is 20.9. The number of amides is 1. The van der Waals surface area contributed by atoms with E-state index in [2.05, 4.69) is 26.1 Å². The maximum atomic E-state index is 12.4. The van der Waals surface area contributed by atoms with Crippen LogP contribution in [-0.2, 0) is 9.53 Å².